The number of rotatable bonds is 4. The molecule has 18 heavy (non-hydrogen) atoms. The Balaban J connectivity index is 0.00000162. The summed E-state index contributed by atoms with van der Waals surface area (Å²) in [4.78, 5) is 4.44. The average molecular weight is 359 g/mol. The largest absolute Gasteiger partial charge is 0.370 e. The minimum atomic E-state index is 0. The van der Waals surface area contributed by atoms with Gasteiger partial charge < -0.3 is 11.1 Å². The molecule has 0 aliphatic heterocycles. The molecule has 1 fully saturated rings. The van der Waals surface area contributed by atoms with Gasteiger partial charge in [-0.1, -0.05) is 19.1 Å². The Hall–Kier alpha value is -0.780. The molecule has 1 aromatic carbocycles. The van der Waals surface area contributed by atoms with Crippen molar-refractivity contribution >= 4 is 35.6 Å². The molecule has 1 aliphatic carbocycles. The molecular formula is C14H22IN3. The summed E-state index contributed by atoms with van der Waals surface area (Å²) in [7, 11) is 0. The number of aliphatic imine (C=N–C) groups is 1. The normalized spacial score (nSPS) is 16.9. The van der Waals surface area contributed by atoms with Crippen molar-refractivity contribution in [2.75, 3.05) is 11.9 Å². The number of halogens is 1. The zero-order valence-electron chi connectivity index (χ0n) is 11.1. The Kier molecular flexibility index (Phi) is 5.44. The first-order valence-corrected chi connectivity index (χ1v) is 6.27. The van der Waals surface area contributed by atoms with E-state index in [-0.39, 0.29) is 24.0 Å². The summed E-state index contributed by atoms with van der Waals surface area (Å²) >= 11 is 0. The Labute approximate surface area is 126 Å². The van der Waals surface area contributed by atoms with E-state index in [1.54, 1.807) is 0 Å². The fourth-order valence-corrected chi connectivity index (χ4v) is 1.96. The van der Waals surface area contributed by atoms with Gasteiger partial charge in [-0.25, -0.2) is 0 Å². The molecule has 1 aromatic rings. The first kappa shape index (κ1) is 15.3. The number of hydrogen-bond donors (Lipinski definition) is 2. The first-order valence-electron chi connectivity index (χ1n) is 6.27. The summed E-state index contributed by atoms with van der Waals surface area (Å²) in [6.45, 7) is 5.15. The smallest absolute Gasteiger partial charge is 0.193 e. The standard InChI is InChI=1S/C14H21N3.HI/c1-3-14(7-8-14)10-16-13(15)17-12-6-4-5-11(2)9-12;/h4-6,9H,3,7-8,10H2,1-2H3,(H3,15,16,17);1H. The molecular weight excluding hydrogens is 337 g/mol. The molecule has 0 atom stereocenters. The maximum absolute atomic E-state index is 5.88. The molecule has 2 rings (SSSR count). The van der Waals surface area contributed by atoms with Crippen LogP contribution in [0, 0.1) is 12.3 Å². The van der Waals surface area contributed by atoms with Gasteiger partial charge in [-0.05, 0) is 49.3 Å². The maximum Gasteiger partial charge on any atom is 0.193 e. The van der Waals surface area contributed by atoms with Crippen LogP contribution in [-0.4, -0.2) is 12.5 Å². The Morgan fingerprint density at radius 2 is 2.17 bits per heavy atom. The lowest BCUT2D eigenvalue weighted by atomic mass is 10.1. The minimum absolute atomic E-state index is 0. The van der Waals surface area contributed by atoms with Gasteiger partial charge in [-0.2, -0.15) is 0 Å². The van der Waals surface area contributed by atoms with Crippen LogP contribution in [0.4, 0.5) is 5.69 Å². The molecule has 1 saturated carbocycles. The summed E-state index contributed by atoms with van der Waals surface area (Å²) < 4.78 is 0. The summed E-state index contributed by atoms with van der Waals surface area (Å²) in [5.41, 5.74) is 8.57. The Morgan fingerprint density at radius 3 is 2.72 bits per heavy atom. The van der Waals surface area contributed by atoms with E-state index in [1.165, 1.54) is 24.8 Å². The third-order valence-corrected chi connectivity index (χ3v) is 3.58. The molecule has 0 bridgehead atoms. The van der Waals surface area contributed by atoms with Gasteiger partial charge in [0, 0.05) is 12.2 Å². The molecule has 0 heterocycles. The van der Waals surface area contributed by atoms with Crippen LogP contribution in [0.1, 0.15) is 31.7 Å². The summed E-state index contributed by atoms with van der Waals surface area (Å²) in [6.07, 6.45) is 3.80. The van der Waals surface area contributed by atoms with Crippen molar-refractivity contribution in [3.8, 4) is 0 Å². The number of aryl methyl sites for hydroxylation is 1. The zero-order chi connectivity index (χ0) is 12.3. The average Bonchev–Trinajstić information content (AvgIpc) is 3.07. The Bertz CT molecular complexity index is 425. The lowest BCUT2D eigenvalue weighted by molar-refractivity contribution is 0.506. The van der Waals surface area contributed by atoms with Crippen LogP contribution >= 0.6 is 24.0 Å². The predicted molar refractivity (Wildman–Crippen MR) is 88.7 cm³/mol. The fraction of sp³-hybridized carbons (Fsp3) is 0.500. The molecule has 0 radical (unpaired) electrons. The SMILES string of the molecule is CCC1(CN=C(N)Nc2cccc(C)c2)CC1.I. The number of hydrogen-bond acceptors (Lipinski definition) is 1. The van der Waals surface area contributed by atoms with Crippen molar-refractivity contribution < 1.29 is 0 Å². The van der Waals surface area contributed by atoms with E-state index >= 15 is 0 Å². The molecule has 1 aliphatic rings. The topological polar surface area (TPSA) is 50.4 Å². The molecule has 4 heteroatoms. The molecule has 0 aromatic heterocycles. The van der Waals surface area contributed by atoms with Crippen LogP contribution in [0.3, 0.4) is 0 Å². The summed E-state index contributed by atoms with van der Waals surface area (Å²) in [5.74, 6) is 0.523. The summed E-state index contributed by atoms with van der Waals surface area (Å²) in [5, 5.41) is 3.13. The highest BCUT2D eigenvalue weighted by Gasteiger charge is 2.40. The number of nitrogens with zero attached hydrogens (tertiary/aromatic N) is 1. The van der Waals surface area contributed by atoms with Gasteiger partial charge in [-0.15, -0.1) is 24.0 Å². The van der Waals surface area contributed by atoms with Crippen LogP contribution < -0.4 is 11.1 Å². The van der Waals surface area contributed by atoms with E-state index in [0.29, 0.717) is 11.4 Å². The van der Waals surface area contributed by atoms with Crippen molar-refractivity contribution in [3.05, 3.63) is 29.8 Å². The lowest BCUT2D eigenvalue weighted by Crippen LogP contribution is -2.24. The number of anilines is 1. The molecule has 0 amide bonds. The molecule has 0 saturated heterocycles. The highest BCUT2D eigenvalue weighted by atomic mass is 127. The molecule has 3 nitrogen and oxygen atoms in total. The van der Waals surface area contributed by atoms with Gasteiger partial charge in [0.25, 0.3) is 0 Å². The Morgan fingerprint density at radius 1 is 1.44 bits per heavy atom. The van der Waals surface area contributed by atoms with Crippen LogP contribution in [0.5, 0.6) is 0 Å². The van der Waals surface area contributed by atoms with E-state index in [4.69, 9.17) is 5.73 Å². The van der Waals surface area contributed by atoms with E-state index in [1.807, 2.05) is 12.1 Å². The third-order valence-electron chi connectivity index (χ3n) is 3.58. The highest BCUT2D eigenvalue weighted by Crippen LogP contribution is 2.48. The van der Waals surface area contributed by atoms with Crippen LogP contribution in [0.2, 0.25) is 0 Å². The predicted octanol–water partition coefficient (Wildman–Crippen LogP) is 3.53. The summed E-state index contributed by atoms with van der Waals surface area (Å²) in [6, 6.07) is 8.14. The number of guanidine groups is 1. The molecule has 100 valence electrons. The third kappa shape index (κ3) is 4.15. The molecule has 0 spiro atoms. The second kappa shape index (κ2) is 6.41. The van der Waals surface area contributed by atoms with Crippen molar-refractivity contribution in [2.24, 2.45) is 16.1 Å². The van der Waals surface area contributed by atoms with Crippen LogP contribution in [0.25, 0.3) is 0 Å². The number of nitrogens with one attached hydrogen (secondary N) is 1. The number of benzene rings is 1. The van der Waals surface area contributed by atoms with Crippen molar-refractivity contribution in [1.29, 1.82) is 0 Å². The fourth-order valence-electron chi connectivity index (χ4n) is 1.96. The van der Waals surface area contributed by atoms with Gasteiger partial charge >= 0.3 is 0 Å². The van der Waals surface area contributed by atoms with E-state index in [0.717, 1.165) is 12.2 Å². The van der Waals surface area contributed by atoms with Crippen molar-refractivity contribution in [2.45, 2.75) is 33.1 Å². The van der Waals surface area contributed by atoms with Gasteiger partial charge in [0.05, 0.1) is 0 Å². The zero-order valence-corrected chi connectivity index (χ0v) is 13.4. The van der Waals surface area contributed by atoms with Gasteiger partial charge in [0.2, 0.25) is 0 Å². The lowest BCUT2D eigenvalue weighted by Gasteiger charge is -2.10. The monoisotopic (exact) mass is 359 g/mol. The first-order chi connectivity index (χ1) is 8.13. The van der Waals surface area contributed by atoms with E-state index < -0.39 is 0 Å². The molecule has 3 N–H and O–H groups in total. The minimum Gasteiger partial charge on any atom is -0.370 e. The van der Waals surface area contributed by atoms with Crippen LogP contribution in [0.15, 0.2) is 29.3 Å². The van der Waals surface area contributed by atoms with Crippen LogP contribution in [-0.2, 0) is 0 Å². The van der Waals surface area contributed by atoms with E-state index in [2.05, 4.69) is 36.3 Å². The quantitative estimate of drug-likeness (QED) is 0.491. The maximum atomic E-state index is 5.88. The van der Waals surface area contributed by atoms with Crippen molar-refractivity contribution in [3.63, 3.8) is 0 Å². The highest BCUT2D eigenvalue weighted by molar-refractivity contribution is 14.0. The number of nitrogens with two attached hydrogens (primary N) is 1. The van der Waals surface area contributed by atoms with Gasteiger partial charge in [0.15, 0.2) is 5.96 Å². The van der Waals surface area contributed by atoms with Crippen molar-refractivity contribution in [1.82, 2.24) is 0 Å². The van der Waals surface area contributed by atoms with Gasteiger partial charge in [0.1, 0.15) is 0 Å². The second-order valence-corrected chi connectivity index (χ2v) is 5.05. The van der Waals surface area contributed by atoms with Gasteiger partial charge in [-0.3, -0.25) is 4.99 Å². The van der Waals surface area contributed by atoms with E-state index in [9.17, 15) is 0 Å². The molecule has 0 unspecified atom stereocenters. The second-order valence-electron chi connectivity index (χ2n) is 5.05.